The van der Waals surface area contributed by atoms with Crippen LogP contribution in [0.5, 0.6) is 0 Å². The van der Waals surface area contributed by atoms with Crippen LogP contribution in [0.4, 0.5) is 10.5 Å². The van der Waals surface area contributed by atoms with Crippen molar-refractivity contribution in [1.82, 2.24) is 10.6 Å². The largest absolute Gasteiger partial charge is 0.480 e. The average Bonchev–Trinajstić information content (AvgIpc) is 2.89. The molecular formula is C18H22ClN3O4. The lowest BCUT2D eigenvalue weighted by Gasteiger charge is -2.29. The second kappa shape index (κ2) is 7.53. The van der Waals surface area contributed by atoms with Crippen molar-refractivity contribution < 1.29 is 19.5 Å². The normalized spacial score (nSPS) is 19.6. The number of rotatable bonds is 4. The maximum Gasteiger partial charge on any atom is 0.329 e. The third kappa shape index (κ3) is 3.62. The zero-order valence-electron chi connectivity index (χ0n) is 14.4. The quantitative estimate of drug-likeness (QED) is 0.700. The zero-order chi connectivity index (χ0) is 18.7. The van der Waals surface area contributed by atoms with Gasteiger partial charge in [0.2, 0.25) is 0 Å². The highest BCUT2D eigenvalue weighted by Gasteiger charge is 2.40. The summed E-state index contributed by atoms with van der Waals surface area (Å²) in [5, 5.41) is 15.5. The molecule has 1 aliphatic heterocycles. The van der Waals surface area contributed by atoms with Crippen molar-refractivity contribution in [1.29, 1.82) is 0 Å². The summed E-state index contributed by atoms with van der Waals surface area (Å²) in [4.78, 5) is 38.0. The smallest absolute Gasteiger partial charge is 0.329 e. The summed E-state index contributed by atoms with van der Waals surface area (Å²) in [6.45, 7) is 0.969. The van der Waals surface area contributed by atoms with E-state index in [1.807, 2.05) is 0 Å². The van der Waals surface area contributed by atoms with Gasteiger partial charge in [-0.05, 0) is 31.0 Å². The van der Waals surface area contributed by atoms with Crippen LogP contribution in [0.25, 0.3) is 0 Å². The van der Waals surface area contributed by atoms with E-state index in [0.29, 0.717) is 36.6 Å². The number of amides is 3. The number of halogens is 1. The average molecular weight is 380 g/mol. The topological polar surface area (TPSA) is 98.7 Å². The van der Waals surface area contributed by atoms with E-state index >= 15 is 0 Å². The molecule has 8 heteroatoms. The number of carbonyl (C=O) groups is 3. The Kier molecular flexibility index (Phi) is 5.36. The number of carbonyl (C=O) groups excluding carboxylic acids is 2. The number of anilines is 1. The summed E-state index contributed by atoms with van der Waals surface area (Å²) in [5.74, 6) is -1.47. The third-order valence-corrected chi connectivity index (χ3v) is 5.39. The standard InChI is InChI=1S/C18H22ClN3O4/c19-13-6-5-12(11-14(13)22-10-9-20-17(22)26)15(23)21-18(16(24)25)7-3-1-2-4-8-18/h5-6,11H,1-4,7-10H2,(H,20,26)(H,21,23)(H,24,25). The van der Waals surface area contributed by atoms with E-state index in [9.17, 15) is 19.5 Å². The van der Waals surface area contributed by atoms with Crippen molar-refractivity contribution >= 4 is 35.2 Å². The van der Waals surface area contributed by atoms with E-state index in [4.69, 9.17) is 11.6 Å². The summed E-state index contributed by atoms with van der Waals surface area (Å²) in [6.07, 6.45) is 4.32. The molecule has 0 radical (unpaired) electrons. The molecule has 2 fully saturated rings. The molecule has 0 unspecified atom stereocenters. The number of benzene rings is 1. The molecular weight excluding hydrogens is 358 g/mol. The zero-order valence-corrected chi connectivity index (χ0v) is 15.1. The molecule has 0 bridgehead atoms. The molecule has 26 heavy (non-hydrogen) atoms. The van der Waals surface area contributed by atoms with Crippen LogP contribution < -0.4 is 15.5 Å². The molecule has 1 saturated carbocycles. The lowest BCUT2D eigenvalue weighted by atomic mass is 9.89. The van der Waals surface area contributed by atoms with E-state index in [1.165, 1.54) is 11.0 Å². The van der Waals surface area contributed by atoms with E-state index < -0.39 is 17.4 Å². The van der Waals surface area contributed by atoms with Crippen molar-refractivity contribution in [3.05, 3.63) is 28.8 Å². The van der Waals surface area contributed by atoms with E-state index in [1.54, 1.807) is 12.1 Å². The van der Waals surface area contributed by atoms with Crippen molar-refractivity contribution in [2.75, 3.05) is 18.0 Å². The Morgan fingerprint density at radius 3 is 2.46 bits per heavy atom. The van der Waals surface area contributed by atoms with Crippen LogP contribution in [-0.4, -0.2) is 41.6 Å². The number of hydrogen-bond donors (Lipinski definition) is 3. The monoisotopic (exact) mass is 379 g/mol. The van der Waals surface area contributed by atoms with Crippen molar-refractivity contribution in [3.8, 4) is 0 Å². The van der Waals surface area contributed by atoms with E-state index in [-0.39, 0.29) is 11.6 Å². The maximum absolute atomic E-state index is 12.8. The summed E-state index contributed by atoms with van der Waals surface area (Å²) < 4.78 is 0. The molecule has 1 aliphatic carbocycles. The molecule has 7 nitrogen and oxygen atoms in total. The molecule has 1 heterocycles. The Morgan fingerprint density at radius 1 is 1.19 bits per heavy atom. The lowest BCUT2D eigenvalue weighted by Crippen LogP contribution is -2.54. The van der Waals surface area contributed by atoms with Gasteiger partial charge in [0, 0.05) is 18.7 Å². The van der Waals surface area contributed by atoms with E-state index in [2.05, 4.69) is 10.6 Å². The van der Waals surface area contributed by atoms with Crippen LogP contribution in [0, 0.1) is 0 Å². The number of nitrogens with one attached hydrogen (secondary N) is 2. The third-order valence-electron chi connectivity index (χ3n) is 5.08. The highest BCUT2D eigenvalue weighted by molar-refractivity contribution is 6.34. The minimum Gasteiger partial charge on any atom is -0.480 e. The predicted molar refractivity (Wildman–Crippen MR) is 97.7 cm³/mol. The second-order valence-corrected chi connectivity index (χ2v) is 7.21. The highest BCUT2D eigenvalue weighted by Crippen LogP contribution is 2.30. The van der Waals surface area contributed by atoms with Gasteiger partial charge in [-0.15, -0.1) is 0 Å². The Morgan fingerprint density at radius 2 is 1.88 bits per heavy atom. The highest BCUT2D eigenvalue weighted by atomic mass is 35.5. The Bertz CT molecular complexity index is 729. The minimum atomic E-state index is -1.24. The van der Waals surface area contributed by atoms with Crippen LogP contribution in [0.15, 0.2) is 18.2 Å². The molecule has 2 aliphatic rings. The summed E-state index contributed by atoms with van der Waals surface area (Å²) in [6, 6.07) is 4.36. The van der Waals surface area contributed by atoms with Crippen molar-refractivity contribution in [2.24, 2.45) is 0 Å². The summed E-state index contributed by atoms with van der Waals surface area (Å²) in [5.41, 5.74) is -0.508. The van der Waals surface area contributed by atoms with Gasteiger partial charge in [0.15, 0.2) is 0 Å². The fourth-order valence-corrected chi connectivity index (χ4v) is 3.80. The molecule has 3 N–H and O–H groups in total. The van der Waals surface area contributed by atoms with Crippen LogP contribution in [0.1, 0.15) is 48.9 Å². The van der Waals surface area contributed by atoms with Gasteiger partial charge >= 0.3 is 12.0 Å². The molecule has 140 valence electrons. The fraction of sp³-hybridized carbons (Fsp3) is 0.500. The Hall–Kier alpha value is -2.28. The van der Waals surface area contributed by atoms with Gasteiger partial charge in [0.1, 0.15) is 5.54 Å². The number of urea groups is 1. The predicted octanol–water partition coefficient (Wildman–Crippen LogP) is 2.78. The van der Waals surface area contributed by atoms with Crippen LogP contribution in [0.3, 0.4) is 0 Å². The van der Waals surface area contributed by atoms with Gasteiger partial charge in [-0.2, -0.15) is 0 Å². The Labute approximate surface area is 156 Å². The maximum atomic E-state index is 12.8. The minimum absolute atomic E-state index is 0.268. The molecule has 0 spiro atoms. The summed E-state index contributed by atoms with van der Waals surface area (Å²) in [7, 11) is 0. The van der Waals surface area contributed by atoms with Gasteiger partial charge in [0.05, 0.1) is 10.7 Å². The second-order valence-electron chi connectivity index (χ2n) is 6.81. The van der Waals surface area contributed by atoms with E-state index in [0.717, 1.165) is 25.7 Å². The lowest BCUT2D eigenvalue weighted by molar-refractivity contribution is -0.145. The number of aliphatic carboxylic acids is 1. The van der Waals surface area contributed by atoms with Gasteiger partial charge in [-0.1, -0.05) is 37.3 Å². The molecule has 1 aromatic rings. The van der Waals surface area contributed by atoms with Gasteiger partial charge < -0.3 is 15.7 Å². The van der Waals surface area contributed by atoms with Crippen molar-refractivity contribution in [3.63, 3.8) is 0 Å². The first-order valence-corrected chi connectivity index (χ1v) is 9.22. The molecule has 0 aromatic heterocycles. The van der Waals surface area contributed by atoms with Gasteiger partial charge in [-0.3, -0.25) is 9.69 Å². The Balaban J connectivity index is 1.85. The SMILES string of the molecule is O=C(NC1(C(=O)O)CCCCCC1)c1ccc(Cl)c(N2CCNC2=O)c1. The molecule has 0 atom stereocenters. The number of carboxylic acid groups (broad SMARTS) is 1. The van der Waals surface area contributed by atoms with Gasteiger partial charge in [0.25, 0.3) is 5.91 Å². The molecule has 3 amide bonds. The number of carboxylic acids is 1. The first-order valence-electron chi connectivity index (χ1n) is 8.84. The molecule has 3 rings (SSSR count). The van der Waals surface area contributed by atoms with Crippen LogP contribution in [0.2, 0.25) is 5.02 Å². The number of hydrogen-bond acceptors (Lipinski definition) is 3. The summed E-state index contributed by atoms with van der Waals surface area (Å²) >= 11 is 6.19. The molecule has 1 saturated heterocycles. The first kappa shape index (κ1) is 18.5. The van der Waals surface area contributed by atoms with Crippen LogP contribution >= 0.6 is 11.6 Å². The first-order chi connectivity index (χ1) is 12.4. The fourth-order valence-electron chi connectivity index (χ4n) is 3.58. The van der Waals surface area contributed by atoms with Gasteiger partial charge in [-0.25, -0.2) is 9.59 Å². The van der Waals surface area contributed by atoms with Crippen LogP contribution in [-0.2, 0) is 4.79 Å². The molecule has 1 aromatic carbocycles. The number of nitrogens with zero attached hydrogens (tertiary/aromatic N) is 1. The van der Waals surface area contributed by atoms with Crippen molar-refractivity contribution in [2.45, 2.75) is 44.1 Å².